The molecule has 2 rings (SSSR count). The van der Waals surface area contributed by atoms with E-state index in [9.17, 15) is 19.6 Å². The van der Waals surface area contributed by atoms with Crippen molar-refractivity contribution in [2.24, 2.45) is 0 Å². The van der Waals surface area contributed by atoms with Crippen molar-refractivity contribution >= 4 is 17.8 Å². The van der Waals surface area contributed by atoms with E-state index in [-0.39, 0.29) is 30.6 Å². The number of amides is 1. The number of esters is 1. The van der Waals surface area contributed by atoms with Crippen molar-refractivity contribution in [3.05, 3.63) is 35.4 Å². The first-order valence-electron chi connectivity index (χ1n) is 11.4. The number of likely N-dealkylation sites (tertiary alicyclic amines) is 1. The molecular weight excluding hydrogens is 420 g/mol. The second kappa shape index (κ2) is 9.94. The summed E-state index contributed by atoms with van der Waals surface area (Å²) in [7, 11) is 0. The van der Waals surface area contributed by atoms with Crippen molar-refractivity contribution in [2.45, 2.75) is 90.3 Å². The predicted molar refractivity (Wildman–Crippen MR) is 125 cm³/mol. The third-order valence-corrected chi connectivity index (χ3v) is 5.52. The van der Waals surface area contributed by atoms with E-state index in [4.69, 9.17) is 9.47 Å². The quantitative estimate of drug-likeness (QED) is 0.586. The van der Waals surface area contributed by atoms with Crippen molar-refractivity contribution < 1.29 is 23.9 Å². The van der Waals surface area contributed by atoms with Crippen molar-refractivity contribution in [3.63, 3.8) is 0 Å². The lowest BCUT2D eigenvalue weighted by molar-refractivity contribution is -0.155. The number of carbonyl (C=O) groups excluding carboxylic acids is 3. The Balaban J connectivity index is 2.04. The van der Waals surface area contributed by atoms with Gasteiger partial charge >= 0.3 is 12.1 Å². The van der Waals surface area contributed by atoms with Gasteiger partial charge in [-0.1, -0.05) is 24.3 Å². The molecule has 1 aliphatic heterocycles. The van der Waals surface area contributed by atoms with E-state index < -0.39 is 22.7 Å². The van der Waals surface area contributed by atoms with Gasteiger partial charge in [0, 0.05) is 18.9 Å². The first-order chi connectivity index (χ1) is 15.1. The van der Waals surface area contributed by atoms with Gasteiger partial charge in [-0.3, -0.25) is 9.59 Å². The molecule has 1 unspecified atom stereocenters. The van der Waals surface area contributed by atoms with Crippen LogP contribution in [-0.4, -0.2) is 47.0 Å². The minimum absolute atomic E-state index is 0.0210. The summed E-state index contributed by atoms with van der Waals surface area (Å²) in [6, 6.07) is 9.75. The number of hydrogen-bond donors (Lipinski definition) is 0. The molecule has 0 aromatic heterocycles. The molecule has 1 saturated heterocycles. The van der Waals surface area contributed by atoms with E-state index in [1.54, 1.807) is 27.7 Å². The normalized spacial score (nSPS) is 18.8. The number of benzene rings is 1. The van der Waals surface area contributed by atoms with E-state index in [2.05, 4.69) is 6.07 Å². The monoisotopic (exact) mass is 456 g/mol. The number of carbonyl (C=O) groups is 3. The molecule has 0 radical (unpaired) electrons. The summed E-state index contributed by atoms with van der Waals surface area (Å²) in [5.41, 5.74) is -0.368. The zero-order valence-electron chi connectivity index (χ0n) is 20.9. The van der Waals surface area contributed by atoms with E-state index >= 15 is 0 Å². The highest BCUT2D eigenvalue weighted by atomic mass is 16.6. The molecule has 0 bridgehead atoms. The first-order valence-corrected chi connectivity index (χ1v) is 11.4. The third kappa shape index (κ3) is 7.59. The maximum absolute atomic E-state index is 12.8. The Morgan fingerprint density at radius 1 is 1.03 bits per heavy atom. The fraction of sp³-hybridized carbons (Fsp3) is 0.615. The van der Waals surface area contributed by atoms with E-state index in [0.717, 1.165) is 11.1 Å². The lowest BCUT2D eigenvalue weighted by Gasteiger charge is -2.33. The zero-order valence-corrected chi connectivity index (χ0v) is 20.9. The van der Waals surface area contributed by atoms with Crippen LogP contribution in [-0.2, 0) is 24.5 Å². The highest BCUT2D eigenvalue weighted by Gasteiger charge is 2.34. The minimum Gasteiger partial charge on any atom is -0.460 e. The van der Waals surface area contributed by atoms with Crippen molar-refractivity contribution in [2.75, 3.05) is 13.1 Å². The summed E-state index contributed by atoms with van der Waals surface area (Å²) in [4.78, 5) is 38.6. The molecule has 1 aromatic carbocycles. The Kier molecular flexibility index (Phi) is 7.95. The van der Waals surface area contributed by atoms with Gasteiger partial charge in [0.25, 0.3) is 0 Å². The smallest absolute Gasteiger partial charge is 0.410 e. The standard InChI is InChI=1S/C26H36N2O5/c1-24(2,3)32-22(30)12-14-26(7,17-27)19-10-8-18(9-11-19)20-13-15-28(16-21(20)29)23(31)33-25(4,5)6/h8-11,20H,12-16H2,1-7H3/t20?,26-/m0/s1. The SMILES string of the molecule is CC(C)(C)OC(=O)CC[C@@](C)(C#N)c1ccc(C2CCN(C(=O)OC(C)(C)C)CC2=O)cc1. The molecule has 1 aromatic rings. The van der Waals surface area contributed by atoms with Gasteiger partial charge in [-0.05, 0) is 72.4 Å². The molecule has 1 amide bonds. The Morgan fingerprint density at radius 2 is 1.61 bits per heavy atom. The Morgan fingerprint density at radius 3 is 2.09 bits per heavy atom. The molecule has 1 heterocycles. The van der Waals surface area contributed by atoms with E-state index in [1.807, 2.05) is 45.0 Å². The number of ketones is 1. The third-order valence-electron chi connectivity index (χ3n) is 5.52. The molecule has 2 atom stereocenters. The van der Waals surface area contributed by atoms with Crippen LogP contribution in [0.25, 0.3) is 0 Å². The van der Waals surface area contributed by atoms with Crippen LogP contribution in [0.4, 0.5) is 4.79 Å². The van der Waals surface area contributed by atoms with Gasteiger partial charge in [-0.15, -0.1) is 0 Å². The van der Waals surface area contributed by atoms with Crippen LogP contribution in [0, 0.1) is 11.3 Å². The highest BCUT2D eigenvalue weighted by molar-refractivity contribution is 5.91. The number of nitrogens with zero attached hydrogens (tertiary/aromatic N) is 2. The Labute approximate surface area is 197 Å². The molecular formula is C26H36N2O5. The van der Waals surface area contributed by atoms with Crippen LogP contribution in [0.15, 0.2) is 24.3 Å². The number of rotatable bonds is 5. The lowest BCUT2D eigenvalue weighted by Crippen LogP contribution is -2.45. The summed E-state index contributed by atoms with van der Waals surface area (Å²) >= 11 is 0. The molecule has 7 nitrogen and oxygen atoms in total. The summed E-state index contributed by atoms with van der Waals surface area (Å²) in [5, 5.41) is 9.80. The molecule has 0 saturated carbocycles. The van der Waals surface area contributed by atoms with Crippen molar-refractivity contribution in [1.29, 1.82) is 5.26 Å². The van der Waals surface area contributed by atoms with Gasteiger partial charge < -0.3 is 14.4 Å². The number of hydrogen-bond acceptors (Lipinski definition) is 6. The van der Waals surface area contributed by atoms with Crippen LogP contribution in [0.2, 0.25) is 0 Å². The molecule has 0 spiro atoms. The second-order valence-electron chi connectivity index (χ2n) is 10.9. The average Bonchev–Trinajstić information content (AvgIpc) is 2.69. The fourth-order valence-electron chi connectivity index (χ4n) is 3.75. The van der Waals surface area contributed by atoms with Gasteiger partial charge in [-0.2, -0.15) is 5.26 Å². The first kappa shape index (κ1) is 26.4. The number of ether oxygens (including phenoxy) is 2. The molecule has 7 heteroatoms. The number of piperidine rings is 1. The summed E-state index contributed by atoms with van der Waals surface area (Å²) in [6.45, 7) is 13.1. The van der Waals surface area contributed by atoms with Crippen LogP contribution >= 0.6 is 0 Å². The van der Waals surface area contributed by atoms with Crippen LogP contribution in [0.5, 0.6) is 0 Å². The Hall–Kier alpha value is -2.88. The van der Waals surface area contributed by atoms with Gasteiger partial charge in [0.2, 0.25) is 0 Å². The zero-order chi connectivity index (χ0) is 25.0. The van der Waals surface area contributed by atoms with E-state index in [0.29, 0.717) is 19.4 Å². The molecule has 180 valence electrons. The summed E-state index contributed by atoms with van der Waals surface area (Å²) in [6.07, 6.45) is 0.528. The summed E-state index contributed by atoms with van der Waals surface area (Å²) in [5.74, 6) is -0.663. The van der Waals surface area contributed by atoms with E-state index in [1.165, 1.54) is 4.90 Å². The van der Waals surface area contributed by atoms with Gasteiger partial charge in [0.15, 0.2) is 5.78 Å². The predicted octanol–water partition coefficient (Wildman–Crippen LogP) is 4.88. The molecule has 33 heavy (non-hydrogen) atoms. The maximum atomic E-state index is 12.8. The average molecular weight is 457 g/mol. The molecule has 1 fully saturated rings. The van der Waals surface area contributed by atoms with Crippen molar-refractivity contribution in [1.82, 2.24) is 4.90 Å². The molecule has 1 aliphatic rings. The lowest BCUT2D eigenvalue weighted by atomic mass is 9.78. The molecule has 0 N–H and O–H groups in total. The molecule has 0 aliphatic carbocycles. The largest absolute Gasteiger partial charge is 0.460 e. The van der Waals surface area contributed by atoms with Gasteiger partial charge in [0.1, 0.15) is 11.2 Å². The van der Waals surface area contributed by atoms with Gasteiger partial charge in [0.05, 0.1) is 18.0 Å². The maximum Gasteiger partial charge on any atom is 0.410 e. The number of Topliss-reactive ketones (excluding diaryl/α,β-unsaturated/α-hetero) is 1. The summed E-state index contributed by atoms with van der Waals surface area (Å²) < 4.78 is 10.7. The van der Waals surface area contributed by atoms with Crippen LogP contribution in [0.3, 0.4) is 0 Å². The fourth-order valence-corrected chi connectivity index (χ4v) is 3.75. The van der Waals surface area contributed by atoms with Crippen LogP contribution in [0.1, 0.15) is 84.8 Å². The van der Waals surface area contributed by atoms with Crippen molar-refractivity contribution in [3.8, 4) is 6.07 Å². The number of nitriles is 1. The Bertz CT molecular complexity index is 918. The van der Waals surface area contributed by atoms with Crippen LogP contribution < -0.4 is 0 Å². The topological polar surface area (TPSA) is 96.7 Å². The second-order valence-corrected chi connectivity index (χ2v) is 10.9. The minimum atomic E-state index is -0.848. The highest BCUT2D eigenvalue weighted by Crippen LogP contribution is 2.32. The van der Waals surface area contributed by atoms with Gasteiger partial charge in [-0.25, -0.2) is 4.79 Å².